The van der Waals surface area contributed by atoms with Gasteiger partial charge in [-0.05, 0) is 37.1 Å². The number of rotatable bonds is 5. The molecular weight excluding hydrogens is 262 g/mol. The van der Waals surface area contributed by atoms with Gasteiger partial charge in [0.2, 0.25) is 0 Å². The van der Waals surface area contributed by atoms with Crippen LogP contribution in [0.2, 0.25) is 5.02 Å². The van der Waals surface area contributed by atoms with E-state index in [9.17, 15) is 0 Å². The maximum atomic E-state index is 6.38. The van der Waals surface area contributed by atoms with Crippen LogP contribution in [0.1, 0.15) is 44.6 Å². The van der Waals surface area contributed by atoms with Crippen molar-refractivity contribution in [2.45, 2.75) is 55.7 Å². The first kappa shape index (κ1) is 14.2. The summed E-state index contributed by atoms with van der Waals surface area (Å²) in [6.45, 7) is 4.02. The van der Waals surface area contributed by atoms with Crippen LogP contribution in [0.4, 0.5) is 0 Å². The van der Waals surface area contributed by atoms with Crippen molar-refractivity contribution in [2.24, 2.45) is 0 Å². The predicted octanol–water partition coefficient (Wildman–Crippen LogP) is 4.87. The predicted molar refractivity (Wildman–Crippen MR) is 81.6 cm³/mol. The molecule has 100 valence electrons. The summed E-state index contributed by atoms with van der Waals surface area (Å²) in [5, 5.41) is 5.02. The molecule has 1 aromatic rings. The van der Waals surface area contributed by atoms with E-state index in [-0.39, 0.29) is 0 Å². The molecule has 2 rings (SSSR count). The number of thioether (sulfide) groups is 1. The van der Waals surface area contributed by atoms with E-state index >= 15 is 0 Å². The molecule has 0 aliphatic heterocycles. The largest absolute Gasteiger partial charge is 0.313 e. The molecule has 18 heavy (non-hydrogen) atoms. The second kappa shape index (κ2) is 7.42. The lowest BCUT2D eigenvalue weighted by atomic mass is 10.0. The Bertz CT molecular complexity index is 375. The number of hydrogen-bond donors (Lipinski definition) is 1. The van der Waals surface area contributed by atoms with E-state index in [1.54, 1.807) is 0 Å². The Balaban J connectivity index is 1.95. The Kier molecular flexibility index (Phi) is 5.87. The highest BCUT2D eigenvalue weighted by Gasteiger charge is 2.15. The first-order valence-electron chi connectivity index (χ1n) is 6.95. The molecule has 1 nitrogen and oxygen atoms in total. The molecule has 0 aromatic heterocycles. The van der Waals surface area contributed by atoms with E-state index < -0.39 is 0 Å². The number of benzene rings is 1. The minimum Gasteiger partial charge on any atom is -0.313 e. The lowest BCUT2D eigenvalue weighted by Crippen LogP contribution is -2.11. The average Bonchev–Trinajstić information content (AvgIpc) is 2.40. The average molecular weight is 284 g/mol. The van der Waals surface area contributed by atoms with E-state index in [1.807, 2.05) is 11.8 Å². The third-order valence-electron chi connectivity index (χ3n) is 3.42. The molecule has 1 saturated carbocycles. The smallest absolute Gasteiger partial charge is 0.0545 e. The van der Waals surface area contributed by atoms with Crippen molar-refractivity contribution in [2.75, 3.05) is 6.54 Å². The van der Waals surface area contributed by atoms with Gasteiger partial charge in [0.1, 0.15) is 0 Å². The minimum absolute atomic E-state index is 0.774. The molecule has 1 aromatic carbocycles. The van der Waals surface area contributed by atoms with Crippen LogP contribution in [0.15, 0.2) is 23.1 Å². The fourth-order valence-electron chi connectivity index (χ4n) is 2.38. The van der Waals surface area contributed by atoms with Gasteiger partial charge in [-0.25, -0.2) is 0 Å². The Morgan fingerprint density at radius 2 is 2.06 bits per heavy atom. The van der Waals surface area contributed by atoms with Gasteiger partial charge >= 0.3 is 0 Å². The minimum atomic E-state index is 0.774. The fraction of sp³-hybridized carbons (Fsp3) is 0.600. The van der Waals surface area contributed by atoms with Gasteiger partial charge in [-0.2, -0.15) is 0 Å². The summed E-state index contributed by atoms with van der Waals surface area (Å²) in [5.74, 6) is 0. The normalized spacial score (nSPS) is 17.0. The second-order valence-electron chi connectivity index (χ2n) is 4.92. The zero-order valence-electron chi connectivity index (χ0n) is 11.0. The number of nitrogens with one attached hydrogen (secondary N) is 1. The van der Waals surface area contributed by atoms with Gasteiger partial charge in [0.05, 0.1) is 5.02 Å². The number of halogens is 1. The zero-order chi connectivity index (χ0) is 12.8. The van der Waals surface area contributed by atoms with Gasteiger partial charge in [-0.3, -0.25) is 0 Å². The molecule has 0 saturated heterocycles. The van der Waals surface area contributed by atoms with Crippen LogP contribution in [0.25, 0.3) is 0 Å². The van der Waals surface area contributed by atoms with Crippen molar-refractivity contribution in [1.29, 1.82) is 0 Å². The Hall–Kier alpha value is -0.180. The summed E-state index contributed by atoms with van der Waals surface area (Å²) < 4.78 is 0. The van der Waals surface area contributed by atoms with Crippen LogP contribution in [0.5, 0.6) is 0 Å². The molecule has 1 N–H and O–H groups in total. The molecule has 1 aliphatic rings. The summed E-state index contributed by atoms with van der Waals surface area (Å²) in [6.07, 6.45) is 6.87. The monoisotopic (exact) mass is 283 g/mol. The summed E-state index contributed by atoms with van der Waals surface area (Å²) >= 11 is 8.35. The zero-order valence-corrected chi connectivity index (χ0v) is 12.6. The van der Waals surface area contributed by atoms with Gasteiger partial charge < -0.3 is 5.32 Å². The van der Waals surface area contributed by atoms with E-state index in [0.717, 1.165) is 23.4 Å². The summed E-state index contributed by atoms with van der Waals surface area (Å²) in [5.41, 5.74) is 1.27. The SMILES string of the molecule is CCNCc1ccc(SC2CCCCC2)c(Cl)c1. The first-order chi connectivity index (χ1) is 8.79. The molecule has 0 amide bonds. The standard InChI is InChI=1S/C15H22ClNS/c1-2-17-11-12-8-9-15(14(16)10-12)18-13-6-4-3-5-7-13/h8-10,13,17H,2-7,11H2,1H3. The highest BCUT2D eigenvalue weighted by Crippen LogP contribution is 2.37. The molecule has 0 atom stereocenters. The fourth-order valence-corrected chi connectivity index (χ4v) is 3.96. The van der Waals surface area contributed by atoms with Gasteiger partial charge in [0.15, 0.2) is 0 Å². The topological polar surface area (TPSA) is 12.0 Å². The van der Waals surface area contributed by atoms with E-state index in [2.05, 4.69) is 30.4 Å². The Morgan fingerprint density at radius 3 is 2.72 bits per heavy atom. The lowest BCUT2D eigenvalue weighted by Gasteiger charge is -2.21. The van der Waals surface area contributed by atoms with Crippen molar-refractivity contribution in [3.8, 4) is 0 Å². The van der Waals surface area contributed by atoms with Crippen molar-refractivity contribution in [3.63, 3.8) is 0 Å². The van der Waals surface area contributed by atoms with E-state index in [1.165, 1.54) is 42.6 Å². The van der Waals surface area contributed by atoms with Crippen LogP contribution >= 0.6 is 23.4 Å². The molecule has 0 heterocycles. The van der Waals surface area contributed by atoms with Crippen LogP contribution in [0, 0.1) is 0 Å². The summed E-state index contributed by atoms with van der Waals surface area (Å²) in [6, 6.07) is 6.49. The third kappa shape index (κ3) is 4.18. The van der Waals surface area contributed by atoms with Crippen LogP contribution in [-0.4, -0.2) is 11.8 Å². The summed E-state index contributed by atoms with van der Waals surface area (Å²) in [7, 11) is 0. The molecule has 3 heteroatoms. The molecule has 0 spiro atoms. The quantitative estimate of drug-likeness (QED) is 0.827. The van der Waals surface area contributed by atoms with Gasteiger partial charge in [-0.15, -0.1) is 11.8 Å². The van der Waals surface area contributed by atoms with Crippen LogP contribution in [0.3, 0.4) is 0 Å². The lowest BCUT2D eigenvalue weighted by molar-refractivity contribution is 0.516. The van der Waals surface area contributed by atoms with Crippen molar-refractivity contribution in [1.82, 2.24) is 5.32 Å². The van der Waals surface area contributed by atoms with Crippen molar-refractivity contribution < 1.29 is 0 Å². The molecule has 1 aliphatic carbocycles. The Morgan fingerprint density at radius 1 is 1.28 bits per heavy atom. The van der Waals surface area contributed by atoms with Gasteiger partial charge in [0, 0.05) is 16.7 Å². The van der Waals surface area contributed by atoms with E-state index in [4.69, 9.17) is 11.6 Å². The second-order valence-corrected chi connectivity index (χ2v) is 6.67. The van der Waals surface area contributed by atoms with Crippen molar-refractivity contribution in [3.05, 3.63) is 28.8 Å². The first-order valence-corrected chi connectivity index (χ1v) is 8.21. The van der Waals surface area contributed by atoms with E-state index in [0.29, 0.717) is 0 Å². The molecule has 0 bridgehead atoms. The maximum absolute atomic E-state index is 6.38. The highest BCUT2D eigenvalue weighted by atomic mass is 35.5. The van der Waals surface area contributed by atoms with Gasteiger partial charge in [0.25, 0.3) is 0 Å². The maximum Gasteiger partial charge on any atom is 0.0545 e. The molecule has 0 radical (unpaired) electrons. The van der Waals surface area contributed by atoms with Crippen molar-refractivity contribution >= 4 is 23.4 Å². The molecule has 0 unspecified atom stereocenters. The Labute approximate surface area is 120 Å². The van der Waals surface area contributed by atoms with Crippen LogP contribution in [-0.2, 0) is 6.54 Å². The molecular formula is C15H22ClNS. The highest BCUT2D eigenvalue weighted by molar-refractivity contribution is 8.00. The molecule has 1 fully saturated rings. The summed E-state index contributed by atoms with van der Waals surface area (Å²) in [4.78, 5) is 1.25. The van der Waals surface area contributed by atoms with Gasteiger partial charge in [-0.1, -0.05) is 43.9 Å². The number of hydrogen-bond acceptors (Lipinski definition) is 2. The van der Waals surface area contributed by atoms with Crippen LogP contribution < -0.4 is 5.32 Å². The third-order valence-corrected chi connectivity index (χ3v) is 5.26.